The summed E-state index contributed by atoms with van der Waals surface area (Å²) < 4.78 is 0. The van der Waals surface area contributed by atoms with Gasteiger partial charge < -0.3 is 20.2 Å². The fraction of sp³-hybridized carbons (Fsp3) is 0.375. The van der Waals surface area contributed by atoms with Gasteiger partial charge in [-0.15, -0.1) is 0 Å². The Morgan fingerprint density at radius 3 is 2.82 bits per heavy atom. The van der Waals surface area contributed by atoms with Crippen LogP contribution in [0.1, 0.15) is 15.9 Å². The number of urea groups is 1. The highest BCUT2D eigenvalue weighted by Gasteiger charge is 2.37. The number of carbonyl (C=O) groups excluding carboxylic acids is 1. The Kier molecular flexibility index (Phi) is 3.98. The van der Waals surface area contributed by atoms with Gasteiger partial charge in [-0.1, -0.05) is 11.8 Å². The van der Waals surface area contributed by atoms with Gasteiger partial charge in [0.05, 0.1) is 18.2 Å². The molecule has 1 atom stereocenters. The zero-order chi connectivity index (χ0) is 15.5. The van der Waals surface area contributed by atoms with Crippen molar-refractivity contribution in [3.05, 3.63) is 35.4 Å². The van der Waals surface area contributed by atoms with Crippen LogP contribution in [-0.2, 0) is 0 Å². The molecule has 2 fully saturated rings. The van der Waals surface area contributed by atoms with Crippen LogP contribution in [0.5, 0.6) is 0 Å². The summed E-state index contributed by atoms with van der Waals surface area (Å²) in [6.45, 7) is 3.54. The van der Waals surface area contributed by atoms with E-state index in [2.05, 4.69) is 17.2 Å². The average Bonchev–Trinajstić information content (AvgIpc) is 2.85. The summed E-state index contributed by atoms with van der Waals surface area (Å²) in [5.74, 6) is 5.01. The number of nitrogens with one attached hydrogen (secondary N) is 1. The summed E-state index contributed by atoms with van der Waals surface area (Å²) in [7, 11) is 0. The van der Waals surface area contributed by atoms with Crippen LogP contribution in [0.4, 0.5) is 4.79 Å². The molecule has 2 heterocycles. The van der Waals surface area contributed by atoms with Crippen LogP contribution >= 0.6 is 0 Å². The minimum atomic E-state index is -0.951. The number of piperazine rings is 1. The SMILES string of the molecule is O=C(O)c1ccc(C#CCN2C[C@@H]3CNCCN3C2=O)cc1. The number of benzene rings is 1. The van der Waals surface area contributed by atoms with Gasteiger partial charge >= 0.3 is 12.0 Å². The van der Waals surface area contributed by atoms with E-state index in [4.69, 9.17) is 5.11 Å². The fourth-order valence-electron chi connectivity index (χ4n) is 2.76. The lowest BCUT2D eigenvalue weighted by Gasteiger charge is -2.28. The van der Waals surface area contributed by atoms with E-state index in [1.54, 1.807) is 17.0 Å². The molecule has 1 aromatic carbocycles. The van der Waals surface area contributed by atoms with Crippen molar-refractivity contribution in [3.8, 4) is 11.8 Å². The summed E-state index contributed by atoms with van der Waals surface area (Å²) in [6, 6.07) is 6.71. The first-order valence-electron chi connectivity index (χ1n) is 7.23. The Labute approximate surface area is 128 Å². The smallest absolute Gasteiger partial charge is 0.335 e. The lowest BCUT2D eigenvalue weighted by Crippen LogP contribution is -2.49. The molecule has 114 valence electrons. The van der Waals surface area contributed by atoms with Gasteiger partial charge in [0.15, 0.2) is 0 Å². The van der Waals surface area contributed by atoms with E-state index >= 15 is 0 Å². The Morgan fingerprint density at radius 2 is 2.14 bits per heavy atom. The van der Waals surface area contributed by atoms with Crippen molar-refractivity contribution in [1.82, 2.24) is 15.1 Å². The molecule has 1 aromatic rings. The van der Waals surface area contributed by atoms with Crippen LogP contribution in [0.3, 0.4) is 0 Å². The van der Waals surface area contributed by atoms with E-state index in [1.807, 2.05) is 4.90 Å². The number of carboxylic acids is 1. The Morgan fingerprint density at radius 1 is 1.36 bits per heavy atom. The predicted octanol–water partition coefficient (Wildman–Crippen LogP) is 0.446. The van der Waals surface area contributed by atoms with Crippen molar-refractivity contribution in [2.45, 2.75) is 6.04 Å². The molecule has 3 rings (SSSR count). The second-order valence-corrected chi connectivity index (χ2v) is 5.40. The number of carboxylic acid groups (broad SMARTS) is 1. The monoisotopic (exact) mass is 299 g/mol. The van der Waals surface area contributed by atoms with E-state index in [0.29, 0.717) is 13.1 Å². The first-order valence-corrected chi connectivity index (χ1v) is 7.23. The molecule has 0 bridgehead atoms. The van der Waals surface area contributed by atoms with Crippen molar-refractivity contribution >= 4 is 12.0 Å². The second-order valence-electron chi connectivity index (χ2n) is 5.40. The molecule has 0 saturated carbocycles. The lowest BCUT2D eigenvalue weighted by atomic mass is 10.1. The van der Waals surface area contributed by atoms with E-state index < -0.39 is 5.97 Å². The number of fused-ring (bicyclic) bond motifs is 1. The number of hydrogen-bond donors (Lipinski definition) is 2. The zero-order valence-corrected chi connectivity index (χ0v) is 12.1. The molecule has 2 amide bonds. The lowest BCUT2D eigenvalue weighted by molar-refractivity contribution is 0.0697. The van der Waals surface area contributed by atoms with Gasteiger partial charge in [0.1, 0.15) is 0 Å². The molecule has 0 radical (unpaired) electrons. The van der Waals surface area contributed by atoms with E-state index in [1.165, 1.54) is 12.1 Å². The van der Waals surface area contributed by atoms with Crippen molar-refractivity contribution in [1.29, 1.82) is 0 Å². The van der Waals surface area contributed by atoms with Crippen LogP contribution in [-0.4, -0.2) is 65.7 Å². The summed E-state index contributed by atoms with van der Waals surface area (Å²) in [5.41, 5.74) is 0.987. The van der Waals surface area contributed by atoms with Crippen LogP contribution < -0.4 is 5.32 Å². The normalized spacial score (nSPS) is 20.4. The maximum atomic E-state index is 12.2. The molecule has 6 nitrogen and oxygen atoms in total. The summed E-state index contributed by atoms with van der Waals surface area (Å²) in [6.07, 6.45) is 0. The number of hydrogen-bond acceptors (Lipinski definition) is 3. The average molecular weight is 299 g/mol. The first kappa shape index (κ1) is 14.4. The third-order valence-corrected chi connectivity index (χ3v) is 3.93. The third-order valence-electron chi connectivity index (χ3n) is 3.93. The van der Waals surface area contributed by atoms with Crippen LogP contribution in [0.15, 0.2) is 24.3 Å². The van der Waals surface area contributed by atoms with E-state index in [-0.39, 0.29) is 17.6 Å². The molecule has 6 heteroatoms. The third kappa shape index (κ3) is 2.90. The molecule has 2 saturated heterocycles. The minimum absolute atomic E-state index is 0.0574. The van der Waals surface area contributed by atoms with Gasteiger partial charge in [-0.3, -0.25) is 0 Å². The summed E-state index contributed by atoms with van der Waals surface area (Å²) >= 11 is 0. The predicted molar refractivity (Wildman–Crippen MR) is 80.6 cm³/mol. The van der Waals surface area contributed by atoms with Crippen LogP contribution in [0, 0.1) is 11.8 Å². The maximum absolute atomic E-state index is 12.2. The number of nitrogens with zero attached hydrogens (tertiary/aromatic N) is 2. The molecular weight excluding hydrogens is 282 g/mol. The highest BCUT2D eigenvalue weighted by molar-refractivity contribution is 5.87. The Bertz CT molecular complexity index is 645. The number of carbonyl (C=O) groups is 2. The van der Waals surface area contributed by atoms with Crippen molar-refractivity contribution < 1.29 is 14.7 Å². The highest BCUT2D eigenvalue weighted by Crippen LogP contribution is 2.16. The van der Waals surface area contributed by atoms with Gasteiger partial charge in [-0.05, 0) is 24.3 Å². The maximum Gasteiger partial charge on any atom is 0.335 e. The molecule has 2 aliphatic rings. The molecule has 2 N–H and O–H groups in total. The zero-order valence-electron chi connectivity index (χ0n) is 12.1. The quantitative estimate of drug-likeness (QED) is 0.778. The molecule has 0 aliphatic carbocycles. The molecule has 0 spiro atoms. The first-order chi connectivity index (χ1) is 10.6. The Hall–Kier alpha value is -2.52. The van der Waals surface area contributed by atoms with Gasteiger partial charge in [0, 0.05) is 31.7 Å². The topological polar surface area (TPSA) is 72.9 Å². The standard InChI is InChI=1S/C16H17N3O3/c20-15(21)13-5-3-12(4-6-13)2-1-8-18-11-14-10-17-7-9-19(14)16(18)22/h3-6,14,17H,7-11H2,(H,20,21)/t14-/m0/s1. The molecule has 0 aromatic heterocycles. The number of amides is 2. The minimum Gasteiger partial charge on any atom is -0.478 e. The summed E-state index contributed by atoms with van der Waals surface area (Å²) in [4.78, 5) is 26.6. The van der Waals surface area contributed by atoms with Gasteiger partial charge in [-0.2, -0.15) is 0 Å². The summed E-state index contributed by atoms with van der Waals surface area (Å²) in [5, 5.41) is 12.1. The largest absolute Gasteiger partial charge is 0.478 e. The molecule has 22 heavy (non-hydrogen) atoms. The molecule has 0 unspecified atom stereocenters. The molecule has 2 aliphatic heterocycles. The van der Waals surface area contributed by atoms with Crippen molar-refractivity contribution in [2.75, 3.05) is 32.7 Å². The van der Waals surface area contributed by atoms with E-state index in [0.717, 1.165) is 25.2 Å². The van der Waals surface area contributed by atoms with Crippen molar-refractivity contribution in [2.24, 2.45) is 0 Å². The Balaban J connectivity index is 1.61. The number of aromatic carboxylic acids is 1. The van der Waals surface area contributed by atoms with E-state index in [9.17, 15) is 9.59 Å². The van der Waals surface area contributed by atoms with Crippen LogP contribution in [0.2, 0.25) is 0 Å². The second kappa shape index (κ2) is 6.08. The fourth-order valence-corrected chi connectivity index (χ4v) is 2.76. The number of rotatable bonds is 2. The molecular formula is C16H17N3O3. The van der Waals surface area contributed by atoms with Crippen LogP contribution in [0.25, 0.3) is 0 Å². The van der Waals surface area contributed by atoms with Gasteiger partial charge in [0.25, 0.3) is 0 Å². The van der Waals surface area contributed by atoms with Crippen molar-refractivity contribution in [3.63, 3.8) is 0 Å². The highest BCUT2D eigenvalue weighted by atomic mass is 16.4. The van der Waals surface area contributed by atoms with Gasteiger partial charge in [0.2, 0.25) is 0 Å². The van der Waals surface area contributed by atoms with Gasteiger partial charge in [-0.25, -0.2) is 9.59 Å².